The number of hydrogen-bond donors (Lipinski definition) is 3. The second-order valence-electron chi connectivity index (χ2n) is 10.3. The van der Waals surface area contributed by atoms with Crippen molar-refractivity contribution in [2.45, 2.75) is 24.8 Å². The fourth-order valence-corrected chi connectivity index (χ4v) is 6.09. The first-order valence-corrected chi connectivity index (χ1v) is 15.4. The highest BCUT2D eigenvalue weighted by atomic mass is 32.2. The number of nitrogens with two attached hydrogens (primary N) is 1. The lowest BCUT2D eigenvalue weighted by molar-refractivity contribution is 0.400. The van der Waals surface area contributed by atoms with Crippen LogP contribution in [0, 0.1) is 12.7 Å². The van der Waals surface area contributed by atoms with Crippen molar-refractivity contribution in [1.29, 1.82) is 0 Å². The Bertz CT molecular complexity index is 2240. The summed E-state index contributed by atoms with van der Waals surface area (Å²) in [6.07, 6.45) is 4.44. The molecule has 0 unspecified atom stereocenters. The van der Waals surface area contributed by atoms with Crippen molar-refractivity contribution in [1.82, 2.24) is 29.1 Å². The smallest absolute Gasteiger partial charge is 0.282 e. The van der Waals surface area contributed by atoms with Gasteiger partial charge in [-0.05, 0) is 67.9 Å². The summed E-state index contributed by atoms with van der Waals surface area (Å²) in [5.41, 5.74) is 8.65. The molecule has 2 aromatic carbocycles. The van der Waals surface area contributed by atoms with E-state index in [1.54, 1.807) is 15.3 Å². The number of benzene rings is 2. The van der Waals surface area contributed by atoms with E-state index < -0.39 is 21.9 Å². The van der Waals surface area contributed by atoms with Gasteiger partial charge in [-0.2, -0.15) is 5.10 Å². The van der Waals surface area contributed by atoms with E-state index in [-0.39, 0.29) is 33.7 Å². The molecular weight excluding hydrogens is 613 g/mol. The van der Waals surface area contributed by atoms with Crippen LogP contribution >= 0.6 is 0 Å². The number of anilines is 3. The third kappa shape index (κ3) is 5.59. The van der Waals surface area contributed by atoms with Gasteiger partial charge in [-0.15, -0.1) is 0 Å². The molecule has 0 amide bonds. The van der Waals surface area contributed by atoms with Gasteiger partial charge in [-0.3, -0.25) is 14.1 Å². The number of aryl methyl sites for hydroxylation is 1. The van der Waals surface area contributed by atoms with E-state index in [4.69, 9.17) is 15.6 Å². The topological polar surface area (TPSA) is 171 Å². The van der Waals surface area contributed by atoms with Crippen LogP contribution in [0.25, 0.3) is 22.3 Å². The lowest BCUT2D eigenvalue weighted by atomic mass is 10.1. The zero-order chi connectivity index (χ0) is 32.6. The van der Waals surface area contributed by atoms with E-state index in [9.17, 15) is 17.6 Å². The van der Waals surface area contributed by atoms with Crippen molar-refractivity contribution in [2.24, 2.45) is 0 Å². The number of nitrogen functional groups attached to an aromatic ring is 1. The second-order valence-corrected chi connectivity index (χ2v) is 12.0. The molecule has 4 aromatic heterocycles. The van der Waals surface area contributed by atoms with Crippen LogP contribution in [0.4, 0.5) is 21.7 Å². The zero-order valence-corrected chi connectivity index (χ0v) is 25.7. The lowest BCUT2D eigenvalue weighted by Gasteiger charge is -2.21. The summed E-state index contributed by atoms with van der Waals surface area (Å²) in [5, 5.41) is 8.08. The molecule has 4 N–H and O–H groups in total. The molecule has 0 spiro atoms. The molecule has 6 rings (SSSR count). The van der Waals surface area contributed by atoms with Crippen molar-refractivity contribution in [3.63, 3.8) is 0 Å². The number of rotatable bonds is 9. The van der Waals surface area contributed by atoms with E-state index in [2.05, 4.69) is 25.0 Å². The normalized spacial score (nSPS) is 12.2. The summed E-state index contributed by atoms with van der Waals surface area (Å²) in [7, 11) is -2.80. The summed E-state index contributed by atoms with van der Waals surface area (Å²) in [6, 6.07) is 16.2. The number of fused-ring (bicyclic) bond motifs is 1. The molecule has 4 heterocycles. The van der Waals surface area contributed by atoms with Crippen molar-refractivity contribution < 1.29 is 17.5 Å². The maximum absolute atomic E-state index is 13.8. The molecule has 6 aromatic rings. The van der Waals surface area contributed by atoms with E-state index in [0.29, 0.717) is 28.2 Å². The quantitative estimate of drug-likeness (QED) is 0.206. The van der Waals surface area contributed by atoms with Gasteiger partial charge in [0.05, 0.1) is 29.3 Å². The number of nitrogens with zero attached hydrogens (tertiary/aromatic N) is 6. The molecule has 0 aliphatic heterocycles. The molecular formula is C31H28FN9O4S. The Morgan fingerprint density at radius 1 is 1.02 bits per heavy atom. The van der Waals surface area contributed by atoms with Crippen LogP contribution in [-0.2, 0) is 10.0 Å². The summed E-state index contributed by atoms with van der Waals surface area (Å²) in [6.45, 7) is 3.67. The molecule has 15 heteroatoms. The van der Waals surface area contributed by atoms with Gasteiger partial charge in [0.2, 0.25) is 5.88 Å². The molecule has 0 bridgehead atoms. The number of hydrogen-bond acceptors (Lipinski definition) is 10. The van der Waals surface area contributed by atoms with Crippen molar-refractivity contribution in [3.8, 4) is 22.7 Å². The van der Waals surface area contributed by atoms with E-state index in [1.165, 1.54) is 25.7 Å². The third-order valence-corrected chi connectivity index (χ3v) is 8.63. The Hall–Kier alpha value is -5.83. The monoisotopic (exact) mass is 641 g/mol. The minimum atomic E-state index is -4.15. The molecule has 0 aliphatic carbocycles. The Labute approximate surface area is 262 Å². The number of pyridine rings is 1. The highest BCUT2D eigenvalue weighted by Gasteiger charge is 2.24. The molecule has 0 aliphatic rings. The molecule has 0 radical (unpaired) electrons. The summed E-state index contributed by atoms with van der Waals surface area (Å²) < 4.78 is 50.5. The van der Waals surface area contributed by atoms with Gasteiger partial charge >= 0.3 is 0 Å². The second kappa shape index (κ2) is 11.9. The van der Waals surface area contributed by atoms with E-state index in [1.807, 2.05) is 50.2 Å². The van der Waals surface area contributed by atoms with Crippen LogP contribution in [0.1, 0.15) is 24.4 Å². The van der Waals surface area contributed by atoms with Crippen LogP contribution in [0.3, 0.4) is 0 Å². The average molecular weight is 642 g/mol. The summed E-state index contributed by atoms with van der Waals surface area (Å²) >= 11 is 0. The van der Waals surface area contributed by atoms with Gasteiger partial charge in [0, 0.05) is 18.0 Å². The van der Waals surface area contributed by atoms with Crippen LogP contribution in [-0.4, -0.2) is 44.7 Å². The largest absolute Gasteiger partial charge is 0.480 e. The Balaban J connectivity index is 1.42. The molecule has 46 heavy (non-hydrogen) atoms. The maximum atomic E-state index is 13.8. The average Bonchev–Trinajstić information content (AvgIpc) is 3.42. The van der Waals surface area contributed by atoms with Gasteiger partial charge in [0.25, 0.3) is 15.6 Å². The lowest BCUT2D eigenvalue weighted by Crippen LogP contribution is -2.29. The van der Waals surface area contributed by atoms with Crippen LogP contribution < -0.4 is 26.1 Å². The predicted octanol–water partition coefficient (Wildman–Crippen LogP) is 4.35. The van der Waals surface area contributed by atoms with Crippen molar-refractivity contribution >= 4 is 32.9 Å². The standard InChI is InChI=1S/C31H28FN9O4S/c1-18-13-14-40-26(18)31(42)41(22-7-5-4-6-8-22)29(38-40)19(2)37-28-25(27(33)35-17-36-28)20-15-24(30(45-3)34-16-20)39-46(43,44)23-11-9-21(32)10-12-23/h4-17,19,39H,1-3H3,(H3,33,35,36,37)/t19-/m0/s1. The Morgan fingerprint density at radius 2 is 1.76 bits per heavy atom. The SMILES string of the molecule is COc1ncc(-c2c(N)ncnc2N[C@@H](C)c2nn3ccc(C)c3c(=O)n2-c2ccccc2)cc1NS(=O)(=O)c1ccc(F)cc1. The first-order chi connectivity index (χ1) is 22.1. The van der Waals surface area contributed by atoms with Gasteiger partial charge in [-0.25, -0.2) is 32.3 Å². The van der Waals surface area contributed by atoms with E-state index in [0.717, 1.165) is 29.8 Å². The van der Waals surface area contributed by atoms with Gasteiger partial charge < -0.3 is 15.8 Å². The van der Waals surface area contributed by atoms with Gasteiger partial charge in [0.1, 0.15) is 35.0 Å². The summed E-state index contributed by atoms with van der Waals surface area (Å²) in [4.78, 5) is 26.5. The van der Waals surface area contributed by atoms with Crippen LogP contribution in [0.15, 0.2) is 95.1 Å². The minimum Gasteiger partial charge on any atom is -0.480 e. The molecule has 13 nitrogen and oxygen atoms in total. The summed E-state index contributed by atoms with van der Waals surface area (Å²) in [5.74, 6) is 0.154. The molecule has 0 fully saturated rings. The van der Waals surface area contributed by atoms with Gasteiger partial charge in [0.15, 0.2) is 5.82 Å². The number of nitrogens with one attached hydrogen (secondary N) is 2. The number of para-hydroxylation sites is 1. The zero-order valence-electron chi connectivity index (χ0n) is 24.8. The number of ether oxygens (including phenoxy) is 1. The first kappa shape index (κ1) is 30.2. The Kier molecular flexibility index (Phi) is 7.83. The number of sulfonamides is 1. The molecule has 1 atom stereocenters. The van der Waals surface area contributed by atoms with Crippen molar-refractivity contribution in [2.75, 3.05) is 22.9 Å². The van der Waals surface area contributed by atoms with Crippen LogP contribution in [0.2, 0.25) is 0 Å². The van der Waals surface area contributed by atoms with Gasteiger partial charge in [-0.1, -0.05) is 18.2 Å². The highest BCUT2D eigenvalue weighted by molar-refractivity contribution is 7.92. The fraction of sp³-hybridized carbons (Fsp3) is 0.129. The number of halogens is 1. The molecule has 234 valence electrons. The maximum Gasteiger partial charge on any atom is 0.282 e. The minimum absolute atomic E-state index is 0.000381. The fourth-order valence-electron chi connectivity index (χ4n) is 5.04. The Morgan fingerprint density at radius 3 is 2.48 bits per heavy atom. The third-order valence-electron chi connectivity index (χ3n) is 7.25. The van der Waals surface area contributed by atoms with E-state index >= 15 is 0 Å². The highest BCUT2D eigenvalue weighted by Crippen LogP contribution is 2.36. The molecule has 0 saturated carbocycles. The molecule has 0 saturated heterocycles. The number of aromatic nitrogens is 6. The predicted molar refractivity (Wildman–Crippen MR) is 171 cm³/mol. The van der Waals surface area contributed by atoms with Crippen LogP contribution in [0.5, 0.6) is 5.88 Å². The first-order valence-electron chi connectivity index (χ1n) is 13.9. The number of methoxy groups -OCH3 is 1. The van der Waals surface area contributed by atoms with Crippen molar-refractivity contribution in [3.05, 3.63) is 113 Å².